The zero-order valence-electron chi connectivity index (χ0n) is 12.5. The van der Waals surface area contributed by atoms with Gasteiger partial charge in [-0.3, -0.25) is 0 Å². The first kappa shape index (κ1) is 15.1. The van der Waals surface area contributed by atoms with Crippen LogP contribution in [0.25, 0.3) is 0 Å². The fraction of sp³-hybridized carbons (Fsp3) is 0.786. The molecule has 0 radical (unpaired) electrons. The van der Waals surface area contributed by atoms with E-state index in [9.17, 15) is 0 Å². The van der Waals surface area contributed by atoms with Gasteiger partial charge in [0.15, 0.2) is 0 Å². The van der Waals surface area contributed by atoms with Crippen molar-refractivity contribution < 1.29 is 4.74 Å². The third-order valence-electron chi connectivity index (χ3n) is 3.53. The number of anilines is 1. The van der Waals surface area contributed by atoms with Gasteiger partial charge in [-0.1, -0.05) is 13.8 Å². The molecular weight excluding hydrogens is 254 g/mol. The lowest BCUT2D eigenvalue weighted by Crippen LogP contribution is -2.33. The van der Waals surface area contributed by atoms with E-state index in [4.69, 9.17) is 4.74 Å². The molecule has 112 valence electrons. The highest BCUT2D eigenvalue weighted by Gasteiger charge is 2.12. The van der Waals surface area contributed by atoms with Gasteiger partial charge in [0.2, 0.25) is 5.95 Å². The van der Waals surface area contributed by atoms with Gasteiger partial charge in [-0.25, -0.2) is 4.98 Å². The number of hydrogen-bond acceptors (Lipinski definition) is 6. The molecule has 2 heterocycles. The van der Waals surface area contributed by atoms with Gasteiger partial charge in [0.05, 0.1) is 24.1 Å². The Balaban J connectivity index is 1.73. The second-order valence-electron chi connectivity index (χ2n) is 4.98. The van der Waals surface area contributed by atoms with Gasteiger partial charge >= 0.3 is 0 Å². The van der Waals surface area contributed by atoms with Crippen molar-refractivity contribution in [1.29, 1.82) is 0 Å². The van der Waals surface area contributed by atoms with E-state index in [2.05, 4.69) is 39.7 Å². The molecule has 0 bridgehead atoms. The second-order valence-corrected chi connectivity index (χ2v) is 4.98. The first-order valence-electron chi connectivity index (χ1n) is 7.62. The molecule has 0 saturated carbocycles. The Labute approximate surface area is 120 Å². The van der Waals surface area contributed by atoms with Gasteiger partial charge in [-0.2, -0.15) is 5.10 Å². The van der Waals surface area contributed by atoms with Gasteiger partial charge in [0.1, 0.15) is 0 Å². The fourth-order valence-corrected chi connectivity index (χ4v) is 2.36. The molecular formula is C14H25N5O. The molecule has 0 amide bonds. The van der Waals surface area contributed by atoms with Gasteiger partial charge in [-0.15, -0.1) is 5.10 Å². The molecule has 1 aromatic heterocycles. The highest BCUT2D eigenvalue weighted by molar-refractivity contribution is 5.25. The Hall–Kier alpha value is -1.27. The molecule has 1 aromatic rings. The Morgan fingerprint density at radius 3 is 2.60 bits per heavy atom. The molecule has 2 N–H and O–H groups in total. The lowest BCUT2D eigenvalue weighted by atomic mass is 10.1. The van der Waals surface area contributed by atoms with Crippen LogP contribution in [0.15, 0.2) is 0 Å². The zero-order chi connectivity index (χ0) is 14.2. The molecule has 20 heavy (non-hydrogen) atoms. The Bertz CT molecular complexity index is 407. The van der Waals surface area contributed by atoms with E-state index in [-0.39, 0.29) is 0 Å². The van der Waals surface area contributed by atoms with Gasteiger partial charge < -0.3 is 15.4 Å². The lowest BCUT2D eigenvalue weighted by molar-refractivity contribution is 0.0393. The molecule has 1 aliphatic rings. The number of piperidine rings is 1. The molecule has 0 unspecified atom stereocenters. The number of rotatable bonds is 7. The second kappa shape index (κ2) is 8.11. The van der Waals surface area contributed by atoms with E-state index < -0.39 is 0 Å². The average molecular weight is 279 g/mol. The normalized spacial score (nSPS) is 16.3. The molecule has 6 heteroatoms. The third kappa shape index (κ3) is 4.38. The van der Waals surface area contributed by atoms with Crippen LogP contribution in [0.5, 0.6) is 0 Å². The summed E-state index contributed by atoms with van der Waals surface area (Å²) >= 11 is 0. The van der Waals surface area contributed by atoms with Crippen molar-refractivity contribution in [2.75, 3.05) is 31.6 Å². The minimum absolute atomic E-state index is 0.394. The number of ether oxygens (including phenoxy) is 1. The van der Waals surface area contributed by atoms with Crippen LogP contribution in [0.4, 0.5) is 5.95 Å². The highest BCUT2D eigenvalue weighted by Crippen LogP contribution is 2.08. The van der Waals surface area contributed by atoms with E-state index in [0.717, 1.165) is 56.7 Å². The van der Waals surface area contributed by atoms with E-state index in [1.807, 2.05) is 0 Å². The summed E-state index contributed by atoms with van der Waals surface area (Å²) in [5.41, 5.74) is 2.02. The highest BCUT2D eigenvalue weighted by atomic mass is 16.5. The molecule has 0 atom stereocenters. The molecule has 0 aromatic carbocycles. The third-order valence-corrected chi connectivity index (χ3v) is 3.53. The van der Waals surface area contributed by atoms with Gasteiger partial charge in [0, 0.05) is 6.54 Å². The molecule has 1 aliphatic heterocycles. The first-order chi connectivity index (χ1) is 9.83. The minimum Gasteiger partial charge on any atom is -0.376 e. The molecule has 0 spiro atoms. The van der Waals surface area contributed by atoms with Gasteiger partial charge in [-0.05, 0) is 38.8 Å². The molecule has 1 fully saturated rings. The van der Waals surface area contributed by atoms with Crippen LogP contribution >= 0.6 is 0 Å². The standard InChI is InChI=1S/C14H25N5O/c1-3-12-13(4-2)18-19-14(17-12)16-9-10-20-11-5-7-15-8-6-11/h11,15H,3-10H2,1-2H3,(H,16,17,19). The Morgan fingerprint density at radius 1 is 1.15 bits per heavy atom. The zero-order valence-corrected chi connectivity index (χ0v) is 12.5. The topological polar surface area (TPSA) is 72.0 Å². The minimum atomic E-state index is 0.394. The van der Waals surface area contributed by atoms with Crippen LogP contribution in [0, 0.1) is 0 Å². The fourth-order valence-electron chi connectivity index (χ4n) is 2.36. The van der Waals surface area contributed by atoms with Crippen molar-refractivity contribution in [3.05, 3.63) is 11.4 Å². The summed E-state index contributed by atoms with van der Waals surface area (Å²) in [5, 5.41) is 14.8. The maximum Gasteiger partial charge on any atom is 0.243 e. The van der Waals surface area contributed by atoms with Gasteiger partial charge in [0.25, 0.3) is 0 Å². The van der Waals surface area contributed by atoms with E-state index in [1.165, 1.54) is 0 Å². The summed E-state index contributed by atoms with van der Waals surface area (Å²) in [6, 6.07) is 0. The van der Waals surface area contributed by atoms with E-state index >= 15 is 0 Å². The van der Waals surface area contributed by atoms with E-state index in [1.54, 1.807) is 0 Å². The first-order valence-corrected chi connectivity index (χ1v) is 7.62. The van der Waals surface area contributed by atoms with E-state index in [0.29, 0.717) is 18.7 Å². The maximum absolute atomic E-state index is 5.83. The van der Waals surface area contributed by atoms with Crippen molar-refractivity contribution >= 4 is 5.95 Å². The summed E-state index contributed by atoms with van der Waals surface area (Å²) < 4.78 is 5.83. The molecule has 6 nitrogen and oxygen atoms in total. The van der Waals surface area contributed by atoms with Crippen molar-refractivity contribution in [2.24, 2.45) is 0 Å². The smallest absolute Gasteiger partial charge is 0.243 e. The molecule has 2 rings (SSSR count). The monoisotopic (exact) mass is 279 g/mol. The summed E-state index contributed by atoms with van der Waals surface area (Å²) in [7, 11) is 0. The Morgan fingerprint density at radius 2 is 1.90 bits per heavy atom. The van der Waals surface area contributed by atoms with Crippen molar-refractivity contribution in [3.8, 4) is 0 Å². The number of aryl methyl sites for hydroxylation is 2. The summed E-state index contributed by atoms with van der Waals surface area (Å²) in [6.45, 7) is 7.69. The predicted molar refractivity (Wildman–Crippen MR) is 78.9 cm³/mol. The average Bonchev–Trinajstić information content (AvgIpc) is 2.52. The maximum atomic E-state index is 5.83. The SMILES string of the molecule is CCc1nnc(NCCOC2CCNCC2)nc1CC. The molecule has 0 aliphatic carbocycles. The quantitative estimate of drug-likeness (QED) is 0.730. The van der Waals surface area contributed by atoms with Crippen LogP contribution in [-0.2, 0) is 17.6 Å². The Kier molecular flexibility index (Phi) is 6.14. The van der Waals surface area contributed by atoms with Crippen molar-refractivity contribution in [3.63, 3.8) is 0 Å². The summed E-state index contributed by atoms with van der Waals surface area (Å²) in [5.74, 6) is 0.605. The predicted octanol–water partition coefficient (Wildman–Crippen LogP) is 1.18. The number of hydrogen-bond donors (Lipinski definition) is 2. The van der Waals surface area contributed by atoms with Crippen molar-refractivity contribution in [1.82, 2.24) is 20.5 Å². The van der Waals surface area contributed by atoms with Crippen LogP contribution in [-0.4, -0.2) is 47.5 Å². The summed E-state index contributed by atoms with van der Waals surface area (Å²) in [6.07, 6.45) is 4.36. The molecule has 1 saturated heterocycles. The number of aromatic nitrogens is 3. The largest absolute Gasteiger partial charge is 0.376 e. The lowest BCUT2D eigenvalue weighted by Gasteiger charge is -2.22. The van der Waals surface area contributed by atoms with Crippen LogP contribution < -0.4 is 10.6 Å². The van der Waals surface area contributed by atoms with Crippen molar-refractivity contribution in [2.45, 2.75) is 45.6 Å². The van der Waals surface area contributed by atoms with Crippen LogP contribution in [0.1, 0.15) is 38.1 Å². The van der Waals surface area contributed by atoms with Crippen LogP contribution in [0.2, 0.25) is 0 Å². The number of nitrogens with zero attached hydrogens (tertiary/aromatic N) is 3. The summed E-state index contributed by atoms with van der Waals surface area (Å²) in [4.78, 5) is 4.50. The number of nitrogens with one attached hydrogen (secondary N) is 2. The van der Waals surface area contributed by atoms with Crippen LogP contribution in [0.3, 0.4) is 0 Å².